The predicted molar refractivity (Wildman–Crippen MR) is 126 cm³/mol. The minimum Gasteiger partial charge on any atom is -0.363 e. The summed E-state index contributed by atoms with van der Waals surface area (Å²) in [7, 11) is 0. The molecule has 0 atom stereocenters. The second kappa shape index (κ2) is 8.55. The van der Waals surface area contributed by atoms with Crippen molar-refractivity contribution in [1.82, 2.24) is 0 Å². The van der Waals surface area contributed by atoms with Gasteiger partial charge >= 0.3 is 0 Å². The fourth-order valence-corrected chi connectivity index (χ4v) is 4.32. The molecule has 1 amide bonds. The van der Waals surface area contributed by atoms with Crippen molar-refractivity contribution in [2.45, 2.75) is 33.2 Å². The van der Waals surface area contributed by atoms with E-state index in [1.165, 1.54) is 11.6 Å². The molecule has 0 radical (unpaired) electrons. The van der Waals surface area contributed by atoms with Crippen LogP contribution in [0.15, 0.2) is 48.0 Å². The number of rotatable bonds is 4. The van der Waals surface area contributed by atoms with Crippen LogP contribution in [-0.4, -0.2) is 18.0 Å². The second-order valence-corrected chi connectivity index (χ2v) is 8.59. The molecular formula is C24H23Cl2N3O. The molecule has 6 heteroatoms. The zero-order valence-electron chi connectivity index (χ0n) is 17.4. The van der Waals surface area contributed by atoms with E-state index >= 15 is 0 Å². The van der Waals surface area contributed by atoms with Gasteiger partial charge in [-0.1, -0.05) is 35.3 Å². The number of hydrogen-bond acceptors (Lipinski definition) is 3. The Labute approximate surface area is 187 Å². The van der Waals surface area contributed by atoms with E-state index in [0.29, 0.717) is 15.7 Å². The average molecular weight is 440 g/mol. The first kappa shape index (κ1) is 22.0. The number of nitrogens with one attached hydrogen (secondary N) is 1. The van der Waals surface area contributed by atoms with Crippen LogP contribution in [0.2, 0.25) is 10.0 Å². The van der Waals surface area contributed by atoms with Gasteiger partial charge in [0.15, 0.2) is 0 Å². The molecule has 1 aliphatic rings. The van der Waals surface area contributed by atoms with E-state index in [1.807, 2.05) is 24.3 Å². The highest BCUT2D eigenvalue weighted by atomic mass is 35.5. The third-order valence-electron chi connectivity index (χ3n) is 5.17. The summed E-state index contributed by atoms with van der Waals surface area (Å²) in [5.41, 5.74) is 4.53. The fraction of sp³-hybridized carbons (Fsp3) is 0.250. The first-order valence-corrected chi connectivity index (χ1v) is 10.4. The highest BCUT2D eigenvalue weighted by molar-refractivity contribution is 6.36. The van der Waals surface area contributed by atoms with Gasteiger partial charge in [-0.2, -0.15) is 5.26 Å². The number of allylic oxidation sites excluding steroid dienone is 1. The lowest BCUT2D eigenvalue weighted by Crippen LogP contribution is -2.44. The van der Waals surface area contributed by atoms with E-state index in [2.05, 4.69) is 44.0 Å². The molecule has 2 aromatic carbocycles. The Kier molecular flexibility index (Phi) is 6.26. The quantitative estimate of drug-likeness (QED) is 0.433. The largest absolute Gasteiger partial charge is 0.363 e. The van der Waals surface area contributed by atoms with Crippen LogP contribution in [0.1, 0.15) is 38.8 Å². The van der Waals surface area contributed by atoms with Crippen molar-refractivity contribution in [2.24, 2.45) is 0 Å². The van der Waals surface area contributed by atoms with Gasteiger partial charge in [0.2, 0.25) is 0 Å². The molecule has 0 aliphatic carbocycles. The van der Waals surface area contributed by atoms with E-state index in [0.717, 1.165) is 23.4 Å². The minimum atomic E-state index is -0.525. The Balaban J connectivity index is 1.93. The maximum atomic E-state index is 12.6. The van der Waals surface area contributed by atoms with Crippen molar-refractivity contribution < 1.29 is 4.79 Å². The Hall–Kier alpha value is -2.74. The topological polar surface area (TPSA) is 56.1 Å². The van der Waals surface area contributed by atoms with Crippen molar-refractivity contribution in [2.75, 3.05) is 16.8 Å². The molecule has 0 saturated heterocycles. The van der Waals surface area contributed by atoms with Crippen molar-refractivity contribution >= 4 is 52.1 Å². The molecule has 0 spiro atoms. The number of fused-ring (bicyclic) bond motifs is 1. The Morgan fingerprint density at radius 2 is 1.97 bits per heavy atom. The highest BCUT2D eigenvalue weighted by Crippen LogP contribution is 2.39. The number of nitriles is 1. The van der Waals surface area contributed by atoms with Crippen LogP contribution in [0.5, 0.6) is 0 Å². The van der Waals surface area contributed by atoms with Crippen LogP contribution < -0.4 is 10.2 Å². The van der Waals surface area contributed by atoms with E-state index in [1.54, 1.807) is 18.2 Å². The molecule has 0 aromatic heterocycles. The summed E-state index contributed by atoms with van der Waals surface area (Å²) in [6.07, 6.45) is 3.83. The highest BCUT2D eigenvalue weighted by Gasteiger charge is 2.30. The van der Waals surface area contributed by atoms with Gasteiger partial charge in [0, 0.05) is 22.8 Å². The second-order valence-electron chi connectivity index (χ2n) is 7.75. The van der Waals surface area contributed by atoms with E-state index in [9.17, 15) is 10.1 Å². The summed E-state index contributed by atoms with van der Waals surface area (Å²) in [5, 5.41) is 13.0. The Morgan fingerprint density at radius 1 is 1.23 bits per heavy atom. The van der Waals surface area contributed by atoms with Crippen molar-refractivity contribution in [3.05, 3.63) is 69.2 Å². The first-order valence-electron chi connectivity index (χ1n) is 9.66. The van der Waals surface area contributed by atoms with Crippen molar-refractivity contribution in [1.29, 1.82) is 5.26 Å². The lowest BCUT2D eigenvalue weighted by Gasteiger charge is -2.42. The van der Waals surface area contributed by atoms with E-state index in [4.69, 9.17) is 23.2 Å². The summed E-state index contributed by atoms with van der Waals surface area (Å²) in [6.45, 7) is 9.48. The number of carbonyl (C=O) groups is 1. The first-order chi connectivity index (χ1) is 14.2. The maximum absolute atomic E-state index is 12.6. The van der Waals surface area contributed by atoms with Crippen LogP contribution >= 0.6 is 23.2 Å². The smallest absolute Gasteiger partial charge is 0.266 e. The summed E-state index contributed by atoms with van der Waals surface area (Å²) < 4.78 is 0. The normalized spacial score (nSPS) is 15.2. The number of carbonyl (C=O) groups excluding carboxylic acids is 1. The number of hydrogen-bond donors (Lipinski definition) is 1. The molecule has 1 aliphatic heterocycles. The number of benzene rings is 2. The van der Waals surface area contributed by atoms with Crippen molar-refractivity contribution in [3.8, 4) is 6.07 Å². The van der Waals surface area contributed by atoms with E-state index < -0.39 is 5.91 Å². The zero-order valence-corrected chi connectivity index (χ0v) is 18.9. The molecule has 3 rings (SSSR count). The van der Waals surface area contributed by atoms with Gasteiger partial charge in [-0.15, -0.1) is 0 Å². The Bertz CT molecular complexity index is 1110. The van der Waals surface area contributed by atoms with Crippen LogP contribution in [0.4, 0.5) is 11.4 Å². The molecule has 1 N–H and O–H groups in total. The fourth-order valence-electron chi connectivity index (χ4n) is 3.86. The molecule has 4 nitrogen and oxygen atoms in total. The molecular weight excluding hydrogens is 417 g/mol. The van der Waals surface area contributed by atoms with Gasteiger partial charge < -0.3 is 10.2 Å². The number of halogens is 2. The minimum absolute atomic E-state index is 0.00825. The van der Waals surface area contributed by atoms with Crippen LogP contribution in [0, 0.1) is 11.3 Å². The van der Waals surface area contributed by atoms with Crippen LogP contribution in [-0.2, 0) is 4.79 Å². The SMILES string of the molecule is CCN1c2ccc(/C=C(\C#N)C(=O)Nc3ccc(Cl)cc3Cl)cc2C(C)=CC1(C)C. The summed E-state index contributed by atoms with van der Waals surface area (Å²) in [6, 6.07) is 12.7. The molecule has 0 unspecified atom stereocenters. The monoisotopic (exact) mass is 439 g/mol. The predicted octanol–water partition coefficient (Wildman–Crippen LogP) is 6.56. The number of nitrogens with zero attached hydrogens (tertiary/aromatic N) is 2. The standard InChI is InChI=1S/C24H23Cl2N3O/c1-5-29-22-9-6-16(11-19(22)15(2)13-24(29,3)4)10-17(14-27)23(30)28-21-8-7-18(25)12-20(21)26/h6-13H,5H2,1-4H3,(H,28,30)/b17-10+. The third-order valence-corrected chi connectivity index (χ3v) is 5.72. The lowest BCUT2D eigenvalue weighted by molar-refractivity contribution is -0.112. The van der Waals surface area contributed by atoms with Gasteiger partial charge in [0.1, 0.15) is 11.6 Å². The third kappa shape index (κ3) is 4.38. The molecule has 154 valence electrons. The van der Waals surface area contributed by atoms with Crippen LogP contribution in [0.3, 0.4) is 0 Å². The molecule has 2 aromatic rings. The molecule has 0 saturated carbocycles. The average Bonchev–Trinajstić information content (AvgIpc) is 2.68. The van der Waals surface area contributed by atoms with Crippen LogP contribution in [0.25, 0.3) is 11.6 Å². The maximum Gasteiger partial charge on any atom is 0.266 e. The number of amides is 1. The molecule has 1 heterocycles. The molecule has 0 bridgehead atoms. The van der Waals surface area contributed by atoms with Gasteiger partial charge in [-0.05, 0) is 75.2 Å². The lowest BCUT2D eigenvalue weighted by atomic mass is 9.88. The van der Waals surface area contributed by atoms with Gasteiger partial charge in [0.05, 0.1) is 16.2 Å². The Morgan fingerprint density at radius 3 is 2.60 bits per heavy atom. The number of anilines is 2. The zero-order chi connectivity index (χ0) is 22.1. The summed E-state index contributed by atoms with van der Waals surface area (Å²) >= 11 is 12.0. The molecule has 0 fully saturated rings. The van der Waals surface area contributed by atoms with Gasteiger partial charge in [-0.25, -0.2) is 0 Å². The van der Waals surface area contributed by atoms with Gasteiger partial charge in [-0.3, -0.25) is 4.79 Å². The summed E-state index contributed by atoms with van der Waals surface area (Å²) in [5.74, 6) is -0.525. The molecule has 30 heavy (non-hydrogen) atoms. The summed E-state index contributed by atoms with van der Waals surface area (Å²) in [4.78, 5) is 14.9. The van der Waals surface area contributed by atoms with E-state index in [-0.39, 0.29) is 11.1 Å². The van der Waals surface area contributed by atoms with Crippen molar-refractivity contribution in [3.63, 3.8) is 0 Å². The van der Waals surface area contributed by atoms with Gasteiger partial charge in [0.25, 0.3) is 5.91 Å². The number of likely N-dealkylation sites (N-methyl/N-ethyl adjacent to an activating group) is 1.